The maximum atomic E-state index is 6.07. The van der Waals surface area contributed by atoms with Crippen LogP contribution in [-0.2, 0) is 10.2 Å². The number of hydrogen-bond donors (Lipinski definition) is 1. The largest absolute Gasteiger partial charge is 0.498 e. The van der Waals surface area contributed by atoms with Crippen LogP contribution in [0.15, 0.2) is 36.1 Å². The molecule has 1 spiro atoms. The SMILES string of the molecule is CC1OC=C2C3CC4N(CCC45c4ccccc4NC25)CC13. The zero-order chi connectivity index (χ0) is 14.5. The second-order valence-electron chi connectivity index (χ2n) is 7.89. The highest BCUT2D eigenvalue weighted by Crippen LogP contribution is 2.62. The fourth-order valence-corrected chi connectivity index (χ4v) is 6.37. The number of hydrogen-bond acceptors (Lipinski definition) is 3. The van der Waals surface area contributed by atoms with Crippen molar-refractivity contribution in [2.24, 2.45) is 11.8 Å². The van der Waals surface area contributed by atoms with Crippen molar-refractivity contribution in [1.29, 1.82) is 0 Å². The van der Waals surface area contributed by atoms with Crippen LogP contribution in [-0.4, -0.2) is 36.2 Å². The number of anilines is 1. The number of fused-ring (bicyclic) bond motifs is 2. The van der Waals surface area contributed by atoms with E-state index in [-0.39, 0.29) is 5.41 Å². The van der Waals surface area contributed by atoms with E-state index in [1.165, 1.54) is 31.6 Å². The first-order chi connectivity index (χ1) is 10.8. The molecule has 2 saturated heterocycles. The molecule has 114 valence electrons. The minimum atomic E-state index is 0.286. The Kier molecular flexibility index (Phi) is 2.02. The van der Waals surface area contributed by atoms with Gasteiger partial charge in [0.1, 0.15) is 0 Å². The third-order valence-electron chi connectivity index (χ3n) is 7.31. The molecule has 0 aromatic heterocycles. The number of para-hydroxylation sites is 1. The second-order valence-corrected chi connectivity index (χ2v) is 7.89. The van der Waals surface area contributed by atoms with Crippen molar-refractivity contribution in [3.05, 3.63) is 41.7 Å². The summed E-state index contributed by atoms with van der Waals surface area (Å²) in [7, 11) is 0. The molecule has 6 unspecified atom stereocenters. The van der Waals surface area contributed by atoms with E-state index in [1.54, 1.807) is 11.1 Å². The van der Waals surface area contributed by atoms with Crippen molar-refractivity contribution >= 4 is 5.69 Å². The zero-order valence-corrected chi connectivity index (χ0v) is 13.0. The number of rotatable bonds is 0. The average Bonchev–Trinajstić information content (AvgIpc) is 3.09. The lowest BCUT2D eigenvalue weighted by atomic mass is 9.56. The van der Waals surface area contributed by atoms with Crippen LogP contribution in [0.25, 0.3) is 0 Å². The molecule has 2 bridgehead atoms. The van der Waals surface area contributed by atoms with Crippen LogP contribution >= 0.6 is 0 Å². The summed E-state index contributed by atoms with van der Waals surface area (Å²) >= 11 is 0. The lowest BCUT2D eigenvalue weighted by molar-refractivity contribution is -0.0343. The quantitative estimate of drug-likeness (QED) is 0.796. The normalized spacial score (nSPS) is 47.1. The number of ether oxygens (including phenoxy) is 1. The molecule has 0 amide bonds. The molecular weight excluding hydrogens is 272 g/mol. The first-order valence-electron chi connectivity index (χ1n) is 8.74. The highest BCUT2D eigenvalue weighted by atomic mass is 16.5. The zero-order valence-electron chi connectivity index (χ0n) is 13.0. The Hall–Kier alpha value is -1.48. The topological polar surface area (TPSA) is 24.5 Å². The molecule has 3 heteroatoms. The molecule has 1 saturated carbocycles. The lowest BCUT2D eigenvalue weighted by Crippen LogP contribution is -2.63. The van der Waals surface area contributed by atoms with Gasteiger partial charge >= 0.3 is 0 Å². The van der Waals surface area contributed by atoms with Gasteiger partial charge in [-0.05, 0) is 49.4 Å². The van der Waals surface area contributed by atoms with Crippen LogP contribution in [0.2, 0.25) is 0 Å². The predicted molar refractivity (Wildman–Crippen MR) is 85.7 cm³/mol. The van der Waals surface area contributed by atoms with Gasteiger partial charge in [-0.3, -0.25) is 4.90 Å². The van der Waals surface area contributed by atoms with Crippen molar-refractivity contribution in [2.45, 2.75) is 43.4 Å². The molecule has 1 N–H and O–H groups in total. The monoisotopic (exact) mass is 294 g/mol. The van der Waals surface area contributed by atoms with Crippen molar-refractivity contribution in [1.82, 2.24) is 4.90 Å². The molecule has 22 heavy (non-hydrogen) atoms. The van der Waals surface area contributed by atoms with Gasteiger partial charge in [0.2, 0.25) is 0 Å². The molecule has 1 aromatic rings. The van der Waals surface area contributed by atoms with E-state index in [9.17, 15) is 0 Å². The van der Waals surface area contributed by atoms with E-state index < -0.39 is 0 Å². The van der Waals surface area contributed by atoms with Gasteiger partial charge in [-0.25, -0.2) is 0 Å². The Morgan fingerprint density at radius 3 is 3.18 bits per heavy atom. The van der Waals surface area contributed by atoms with E-state index in [2.05, 4.69) is 47.7 Å². The summed E-state index contributed by atoms with van der Waals surface area (Å²) in [4.78, 5) is 2.78. The van der Waals surface area contributed by atoms with Gasteiger partial charge in [0.25, 0.3) is 0 Å². The number of piperidine rings is 1. The van der Waals surface area contributed by atoms with Gasteiger partial charge in [-0.15, -0.1) is 0 Å². The highest BCUT2D eigenvalue weighted by molar-refractivity contribution is 5.67. The van der Waals surface area contributed by atoms with Crippen molar-refractivity contribution < 1.29 is 4.74 Å². The Morgan fingerprint density at radius 1 is 1.32 bits per heavy atom. The Bertz CT molecular complexity index is 698. The van der Waals surface area contributed by atoms with Crippen molar-refractivity contribution in [2.75, 3.05) is 18.4 Å². The van der Waals surface area contributed by atoms with Crippen molar-refractivity contribution in [3.8, 4) is 0 Å². The smallest absolute Gasteiger partial charge is 0.0996 e. The summed E-state index contributed by atoms with van der Waals surface area (Å²) in [5.41, 5.74) is 4.76. The molecule has 3 nitrogen and oxygen atoms in total. The maximum Gasteiger partial charge on any atom is 0.0996 e. The summed E-state index contributed by atoms with van der Waals surface area (Å²) in [5, 5.41) is 3.88. The molecule has 1 aromatic carbocycles. The van der Waals surface area contributed by atoms with Crippen LogP contribution in [0.4, 0.5) is 5.69 Å². The third kappa shape index (κ3) is 1.14. The minimum Gasteiger partial charge on any atom is -0.498 e. The van der Waals surface area contributed by atoms with Gasteiger partial charge < -0.3 is 10.1 Å². The van der Waals surface area contributed by atoms with E-state index in [0.29, 0.717) is 18.1 Å². The number of benzene rings is 1. The first-order valence-corrected chi connectivity index (χ1v) is 8.74. The maximum absolute atomic E-state index is 6.07. The van der Waals surface area contributed by atoms with Gasteiger partial charge in [0, 0.05) is 29.6 Å². The molecule has 4 aliphatic heterocycles. The van der Waals surface area contributed by atoms with Gasteiger partial charge in [0.05, 0.1) is 18.4 Å². The van der Waals surface area contributed by atoms with Gasteiger partial charge in [-0.1, -0.05) is 18.2 Å². The summed E-state index contributed by atoms with van der Waals surface area (Å²) < 4.78 is 6.07. The van der Waals surface area contributed by atoms with Crippen LogP contribution in [0.1, 0.15) is 25.3 Å². The fraction of sp³-hybridized carbons (Fsp3) is 0.579. The van der Waals surface area contributed by atoms with Crippen LogP contribution < -0.4 is 5.32 Å². The van der Waals surface area contributed by atoms with Gasteiger partial charge in [-0.2, -0.15) is 0 Å². The fourth-order valence-electron chi connectivity index (χ4n) is 6.37. The van der Waals surface area contributed by atoms with E-state index >= 15 is 0 Å². The van der Waals surface area contributed by atoms with Crippen LogP contribution in [0.5, 0.6) is 0 Å². The molecule has 1 aliphatic carbocycles. The van der Waals surface area contributed by atoms with E-state index in [0.717, 1.165) is 12.0 Å². The van der Waals surface area contributed by atoms with E-state index in [1.807, 2.05) is 0 Å². The Labute approximate surface area is 131 Å². The van der Waals surface area contributed by atoms with Crippen LogP contribution in [0, 0.1) is 11.8 Å². The first kappa shape index (κ1) is 12.0. The number of nitrogens with zero attached hydrogens (tertiary/aromatic N) is 1. The molecule has 4 heterocycles. The molecule has 6 atom stereocenters. The van der Waals surface area contributed by atoms with Gasteiger partial charge in [0.15, 0.2) is 0 Å². The van der Waals surface area contributed by atoms with Crippen LogP contribution in [0.3, 0.4) is 0 Å². The second kappa shape index (κ2) is 3.70. The average molecular weight is 294 g/mol. The molecular formula is C19H22N2O. The third-order valence-corrected chi connectivity index (χ3v) is 7.31. The summed E-state index contributed by atoms with van der Waals surface area (Å²) in [6.07, 6.45) is 5.11. The lowest BCUT2D eigenvalue weighted by Gasteiger charge is -2.56. The standard InChI is InChI=1S/C19H22N2O/c1-11-13-9-21-7-6-19-15-4-2-3-5-16(15)20-18(19)14(10-22-11)12(13)8-17(19)21/h2-5,10-13,17-18,20H,6-9H2,1H3. The molecule has 3 fully saturated rings. The molecule has 5 aliphatic rings. The summed E-state index contributed by atoms with van der Waals surface area (Å²) in [6.45, 7) is 4.73. The number of nitrogens with one attached hydrogen (secondary N) is 1. The van der Waals surface area contributed by atoms with E-state index in [4.69, 9.17) is 4.74 Å². The predicted octanol–water partition coefficient (Wildman–Crippen LogP) is 2.75. The molecule has 6 rings (SSSR count). The Morgan fingerprint density at radius 2 is 2.23 bits per heavy atom. The summed E-state index contributed by atoms with van der Waals surface area (Å²) in [5.74, 6) is 1.40. The Balaban J connectivity index is 1.61. The molecule has 0 radical (unpaired) electrons. The summed E-state index contributed by atoms with van der Waals surface area (Å²) in [6, 6.07) is 10.2. The highest BCUT2D eigenvalue weighted by Gasteiger charge is 2.65. The van der Waals surface area contributed by atoms with Crippen molar-refractivity contribution in [3.63, 3.8) is 0 Å². The minimum absolute atomic E-state index is 0.286.